The van der Waals surface area contributed by atoms with Crippen LogP contribution in [0, 0.1) is 0 Å². The van der Waals surface area contributed by atoms with E-state index in [1.165, 1.54) is 5.56 Å². The molecule has 1 aliphatic carbocycles. The summed E-state index contributed by atoms with van der Waals surface area (Å²) in [7, 11) is 0. The molecule has 0 aliphatic heterocycles. The van der Waals surface area contributed by atoms with Crippen LogP contribution in [0.1, 0.15) is 27.2 Å². The van der Waals surface area contributed by atoms with Crippen molar-refractivity contribution in [3.05, 3.63) is 71.2 Å². The molecule has 4 rings (SSSR count). The smallest absolute Gasteiger partial charge is 0.274 e. The highest BCUT2D eigenvalue weighted by molar-refractivity contribution is 5.95. The van der Waals surface area contributed by atoms with Gasteiger partial charge in [0.2, 0.25) is 0 Å². The average molecular weight is 305 g/mol. The van der Waals surface area contributed by atoms with E-state index < -0.39 is 0 Å². The topological polar surface area (TPSA) is 68.0 Å². The van der Waals surface area contributed by atoms with E-state index in [9.17, 15) is 4.79 Å². The zero-order valence-electron chi connectivity index (χ0n) is 12.5. The van der Waals surface area contributed by atoms with Crippen LogP contribution in [0.2, 0.25) is 0 Å². The maximum atomic E-state index is 12.4. The molecule has 1 N–H and O–H groups in total. The molecule has 0 fully saturated rings. The molecule has 5 heteroatoms. The molecule has 3 aromatic rings. The number of hydrogen-bond donors (Lipinski definition) is 1. The Hall–Kier alpha value is -2.95. The third-order valence-corrected chi connectivity index (χ3v) is 4.09. The average Bonchev–Trinajstić information content (AvgIpc) is 3.05. The van der Waals surface area contributed by atoms with Crippen LogP contribution in [0.5, 0.6) is 0 Å². The fraction of sp³-hybridized carbons (Fsp3) is 0.167. The van der Waals surface area contributed by atoms with Gasteiger partial charge in [-0.15, -0.1) is 0 Å². The predicted molar refractivity (Wildman–Crippen MR) is 84.8 cm³/mol. The molecule has 0 radical (unpaired) electrons. The first-order chi connectivity index (χ1) is 11.3. The second-order valence-electron chi connectivity index (χ2n) is 5.54. The summed E-state index contributed by atoms with van der Waals surface area (Å²) in [6.07, 6.45) is 5.10. The predicted octanol–water partition coefficient (Wildman–Crippen LogP) is 2.77. The Bertz CT molecular complexity index is 856. The zero-order chi connectivity index (χ0) is 15.6. The molecule has 0 saturated heterocycles. The molecule has 1 aromatic carbocycles. The Morgan fingerprint density at radius 1 is 1.17 bits per heavy atom. The van der Waals surface area contributed by atoms with Crippen LogP contribution in [0.4, 0.5) is 0 Å². The number of carbonyl (C=O) groups is 1. The van der Waals surface area contributed by atoms with Gasteiger partial charge in [0, 0.05) is 30.1 Å². The molecule has 0 saturated carbocycles. The molecule has 2 heterocycles. The second-order valence-corrected chi connectivity index (χ2v) is 5.54. The number of amides is 1. The van der Waals surface area contributed by atoms with Crippen LogP contribution in [-0.2, 0) is 19.4 Å². The lowest BCUT2D eigenvalue weighted by Crippen LogP contribution is -2.24. The third kappa shape index (κ3) is 2.50. The van der Waals surface area contributed by atoms with Crippen molar-refractivity contribution in [2.75, 3.05) is 0 Å². The summed E-state index contributed by atoms with van der Waals surface area (Å²) in [6.45, 7) is 0.422. The number of benzene rings is 1. The summed E-state index contributed by atoms with van der Waals surface area (Å²) in [5, 5.41) is 6.88. The first-order valence-electron chi connectivity index (χ1n) is 7.57. The van der Waals surface area contributed by atoms with Gasteiger partial charge < -0.3 is 9.84 Å². The number of aryl methyl sites for hydroxylation is 1. The Morgan fingerprint density at radius 2 is 2.09 bits per heavy atom. The lowest BCUT2D eigenvalue weighted by atomic mass is 9.89. The van der Waals surface area contributed by atoms with E-state index in [4.69, 9.17) is 4.52 Å². The van der Waals surface area contributed by atoms with Crippen LogP contribution in [0.15, 0.2) is 53.3 Å². The van der Waals surface area contributed by atoms with E-state index in [1.807, 2.05) is 30.3 Å². The summed E-state index contributed by atoms with van der Waals surface area (Å²) in [5.41, 5.74) is 4.50. The number of carbonyl (C=O) groups excluding carboxylic acids is 1. The van der Waals surface area contributed by atoms with Gasteiger partial charge in [-0.1, -0.05) is 35.5 Å². The van der Waals surface area contributed by atoms with E-state index in [0.29, 0.717) is 12.2 Å². The van der Waals surface area contributed by atoms with Crippen molar-refractivity contribution in [2.45, 2.75) is 19.4 Å². The van der Waals surface area contributed by atoms with Gasteiger partial charge in [0.05, 0.1) is 0 Å². The number of pyridine rings is 1. The standard InChI is InChI=1S/C18H15N3O2/c22-18(20-11-12-4-3-9-19-10-12)16-15-8-7-13-5-1-2-6-14(13)17(15)23-21-16/h1-6,9-10H,7-8,11H2,(H,20,22). The second kappa shape index (κ2) is 5.68. The van der Waals surface area contributed by atoms with Crippen LogP contribution in [-0.4, -0.2) is 16.0 Å². The van der Waals surface area contributed by atoms with Gasteiger partial charge in [0.15, 0.2) is 11.5 Å². The van der Waals surface area contributed by atoms with Gasteiger partial charge in [0.1, 0.15) is 0 Å². The van der Waals surface area contributed by atoms with Crippen molar-refractivity contribution in [3.63, 3.8) is 0 Å². The maximum Gasteiger partial charge on any atom is 0.274 e. The third-order valence-electron chi connectivity index (χ3n) is 4.09. The minimum Gasteiger partial charge on any atom is -0.355 e. The largest absolute Gasteiger partial charge is 0.355 e. The lowest BCUT2D eigenvalue weighted by Gasteiger charge is -2.14. The van der Waals surface area contributed by atoms with E-state index in [0.717, 1.165) is 35.3 Å². The fourth-order valence-corrected chi connectivity index (χ4v) is 2.92. The highest BCUT2D eigenvalue weighted by atomic mass is 16.5. The summed E-state index contributed by atoms with van der Waals surface area (Å²) in [5.74, 6) is 0.511. The molecule has 2 aromatic heterocycles. The quantitative estimate of drug-likeness (QED) is 0.808. The number of nitrogens with zero attached hydrogens (tertiary/aromatic N) is 2. The van der Waals surface area contributed by atoms with Crippen LogP contribution in [0.3, 0.4) is 0 Å². The molecule has 1 aliphatic rings. The first-order valence-corrected chi connectivity index (χ1v) is 7.57. The Labute approximate surface area is 133 Å². The number of rotatable bonds is 3. The molecule has 0 atom stereocenters. The fourth-order valence-electron chi connectivity index (χ4n) is 2.92. The molecule has 1 amide bonds. The number of aromatic nitrogens is 2. The van der Waals surface area contributed by atoms with Crippen molar-refractivity contribution in [1.82, 2.24) is 15.5 Å². The van der Waals surface area contributed by atoms with Crippen molar-refractivity contribution in [3.8, 4) is 11.3 Å². The van der Waals surface area contributed by atoms with Crippen LogP contribution >= 0.6 is 0 Å². The first kappa shape index (κ1) is 13.7. The van der Waals surface area contributed by atoms with Gasteiger partial charge in [-0.25, -0.2) is 0 Å². The van der Waals surface area contributed by atoms with Crippen LogP contribution < -0.4 is 5.32 Å². The molecule has 0 unspecified atom stereocenters. The zero-order valence-corrected chi connectivity index (χ0v) is 12.5. The molecule has 0 bridgehead atoms. The van der Waals surface area contributed by atoms with E-state index in [2.05, 4.69) is 21.5 Å². The van der Waals surface area contributed by atoms with E-state index in [-0.39, 0.29) is 5.91 Å². The lowest BCUT2D eigenvalue weighted by molar-refractivity contribution is 0.0941. The minimum atomic E-state index is -0.210. The van der Waals surface area contributed by atoms with Crippen molar-refractivity contribution >= 4 is 5.91 Å². The van der Waals surface area contributed by atoms with E-state index >= 15 is 0 Å². The molecule has 23 heavy (non-hydrogen) atoms. The highest BCUT2D eigenvalue weighted by Crippen LogP contribution is 2.34. The Kier molecular flexibility index (Phi) is 3.38. The summed E-state index contributed by atoms with van der Waals surface area (Å²) in [4.78, 5) is 16.4. The summed E-state index contributed by atoms with van der Waals surface area (Å²) >= 11 is 0. The van der Waals surface area contributed by atoms with Gasteiger partial charge in [0.25, 0.3) is 5.91 Å². The van der Waals surface area contributed by atoms with Crippen molar-refractivity contribution < 1.29 is 9.32 Å². The van der Waals surface area contributed by atoms with E-state index in [1.54, 1.807) is 12.4 Å². The summed E-state index contributed by atoms with van der Waals surface area (Å²) in [6, 6.07) is 11.8. The van der Waals surface area contributed by atoms with Gasteiger partial charge in [-0.3, -0.25) is 9.78 Å². The Morgan fingerprint density at radius 3 is 2.96 bits per heavy atom. The number of fused-ring (bicyclic) bond motifs is 3. The van der Waals surface area contributed by atoms with Gasteiger partial charge in [-0.2, -0.15) is 0 Å². The van der Waals surface area contributed by atoms with Crippen LogP contribution in [0.25, 0.3) is 11.3 Å². The van der Waals surface area contributed by atoms with Gasteiger partial charge in [-0.05, 0) is 30.0 Å². The monoisotopic (exact) mass is 305 g/mol. The molecular weight excluding hydrogens is 290 g/mol. The molecular formula is C18H15N3O2. The van der Waals surface area contributed by atoms with Gasteiger partial charge >= 0.3 is 0 Å². The van der Waals surface area contributed by atoms with Crippen molar-refractivity contribution in [1.29, 1.82) is 0 Å². The maximum absolute atomic E-state index is 12.4. The minimum absolute atomic E-state index is 0.210. The molecule has 5 nitrogen and oxygen atoms in total. The molecule has 114 valence electrons. The SMILES string of the molecule is O=C(NCc1cccnc1)c1noc2c1CCc1ccccc1-2. The normalized spacial score (nSPS) is 12.3. The molecule has 0 spiro atoms. The number of nitrogens with one attached hydrogen (secondary N) is 1. The summed E-state index contributed by atoms with van der Waals surface area (Å²) < 4.78 is 5.46. The van der Waals surface area contributed by atoms with Crippen molar-refractivity contribution in [2.24, 2.45) is 0 Å². The highest BCUT2D eigenvalue weighted by Gasteiger charge is 2.27. The number of hydrogen-bond acceptors (Lipinski definition) is 4. The Balaban J connectivity index is 1.57.